The highest BCUT2D eigenvalue weighted by atomic mass is 19.4. The van der Waals surface area contributed by atoms with Gasteiger partial charge in [0.25, 0.3) is 0 Å². The number of benzene rings is 1. The number of anilines is 2. The third-order valence-corrected chi connectivity index (χ3v) is 2.07. The van der Waals surface area contributed by atoms with E-state index in [1.165, 1.54) is 0 Å². The van der Waals surface area contributed by atoms with Crippen molar-refractivity contribution in [1.82, 2.24) is 0 Å². The standard InChI is InChI=1S/C10H8F6N2O/c1-4(19)18-8-6(9(11,12)13)2-5(17)3-7(8)10(14,15)16/h2-3H,17H2,1H3,(H,18,19). The van der Waals surface area contributed by atoms with Gasteiger partial charge < -0.3 is 11.1 Å². The molecule has 3 nitrogen and oxygen atoms in total. The molecule has 106 valence electrons. The van der Waals surface area contributed by atoms with Crippen molar-refractivity contribution in [2.24, 2.45) is 0 Å². The highest BCUT2D eigenvalue weighted by molar-refractivity contribution is 5.91. The molecule has 0 unspecified atom stereocenters. The van der Waals surface area contributed by atoms with Crippen LogP contribution in [0.4, 0.5) is 37.7 Å². The van der Waals surface area contributed by atoms with Gasteiger partial charge in [0, 0.05) is 12.6 Å². The van der Waals surface area contributed by atoms with Crippen molar-refractivity contribution in [2.45, 2.75) is 19.3 Å². The number of nitrogens with two attached hydrogens (primary N) is 1. The van der Waals surface area contributed by atoms with Gasteiger partial charge in [-0.05, 0) is 12.1 Å². The first-order valence-corrected chi connectivity index (χ1v) is 4.78. The van der Waals surface area contributed by atoms with E-state index in [4.69, 9.17) is 5.73 Å². The summed E-state index contributed by atoms with van der Waals surface area (Å²) in [5.41, 5.74) is -0.293. The molecule has 0 spiro atoms. The second-order valence-corrected chi connectivity index (χ2v) is 3.67. The van der Waals surface area contributed by atoms with E-state index >= 15 is 0 Å². The van der Waals surface area contributed by atoms with Gasteiger partial charge >= 0.3 is 12.4 Å². The molecule has 3 N–H and O–H groups in total. The van der Waals surface area contributed by atoms with Gasteiger partial charge in [-0.1, -0.05) is 0 Å². The molecule has 0 saturated heterocycles. The summed E-state index contributed by atoms with van der Waals surface area (Å²) in [5.74, 6) is -1.05. The first-order chi connectivity index (χ1) is 8.43. The lowest BCUT2D eigenvalue weighted by atomic mass is 10.0. The van der Waals surface area contributed by atoms with Gasteiger partial charge in [-0.3, -0.25) is 4.79 Å². The number of amides is 1. The van der Waals surface area contributed by atoms with Crippen molar-refractivity contribution in [1.29, 1.82) is 0 Å². The Morgan fingerprint density at radius 3 is 1.68 bits per heavy atom. The largest absolute Gasteiger partial charge is 0.418 e. The Morgan fingerprint density at radius 2 is 1.42 bits per heavy atom. The van der Waals surface area contributed by atoms with Crippen LogP contribution in [0.25, 0.3) is 0 Å². The Balaban J connectivity index is 3.63. The lowest BCUT2D eigenvalue weighted by Crippen LogP contribution is -2.20. The predicted octanol–water partition coefficient (Wildman–Crippen LogP) is 3.26. The van der Waals surface area contributed by atoms with E-state index in [-0.39, 0.29) is 0 Å². The van der Waals surface area contributed by atoms with E-state index in [9.17, 15) is 31.1 Å². The Kier molecular flexibility index (Phi) is 3.69. The molecule has 0 atom stereocenters. The molecule has 19 heavy (non-hydrogen) atoms. The fourth-order valence-electron chi connectivity index (χ4n) is 1.42. The van der Waals surface area contributed by atoms with Crippen LogP contribution in [0.2, 0.25) is 0 Å². The SMILES string of the molecule is CC(=O)Nc1c(C(F)(F)F)cc(N)cc1C(F)(F)F. The van der Waals surface area contributed by atoms with Crippen molar-refractivity contribution in [3.63, 3.8) is 0 Å². The molecule has 0 aliphatic heterocycles. The van der Waals surface area contributed by atoms with Crippen LogP contribution in [0.3, 0.4) is 0 Å². The molecule has 9 heteroatoms. The van der Waals surface area contributed by atoms with Gasteiger partial charge in [-0.15, -0.1) is 0 Å². The van der Waals surface area contributed by atoms with Gasteiger partial charge in [0.05, 0.1) is 16.8 Å². The minimum atomic E-state index is -5.08. The number of halogens is 6. The average Bonchev–Trinajstić information content (AvgIpc) is 2.16. The smallest absolute Gasteiger partial charge is 0.399 e. The number of alkyl halides is 6. The summed E-state index contributed by atoms with van der Waals surface area (Å²) < 4.78 is 76.0. The maximum absolute atomic E-state index is 12.7. The molecule has 0 aliphatic carbocycles. The van der Waals surface area contributed by atoms with E-state index in [2.05, 4.69) is 0 Å². The highest BCUT2D eigenvalue weighted by Crippen LogP contribution is 2.44. The Labute approximate surface area is 103 Å². The number of carbonyl (C=O) groups is 1. The molecule has 1 amide bonds. The molecular weight excluding hydrogens is 278 g/mol. The van der Waals surface area contributed by atoms with Gasteiger partial charge in [0.1, 0.15) is 0 Å². The second-order valence-electron chi connectivity index (χ2n) is 3.67. The fourth-order valence-corrected chi connectivity index (χ4v) is 1.42. The third-order valence-electron chi connectivity index (χ3n) is 2.07. The minimum absolute atomic E-state index is 0.334. The summed E-state index contributed by atoms with van der Waals surface area (Å²) in [6.07, 6.45) is -10.2. The van der Waals surface area contributed by atoms with Crippen molar-refractivity contribution in [3.05, 3.63) is 23.3 Å². The Bertz CT molecular complexity index is 471. The van der Waals surface area contributed by atoms with Crippen LogP contribution in [0.5, 0.6) is 0 Å². The summed E-state index contributed by atoms with van der Waals surface area (Å²) in [5, 5.41) is 1.55. The quantitative estimate of drug-likeness (QED) is 0.615. The van der Waals surface area contributed by atoms with Crippen LogP contribution >= 0.6 is 0 Å². The fraction of sp³-hybridized carbons (Fsp3) is 0.300. The zero-order valence-corrected chi connectivity index (χ0v) is 9.41. The van der Waals surface area contributed by atoms with Crippen LogP contribution in [0, 0.1) is 0 Å². The van der Waals surface area contributed by atoms with E-state index in [0.717, 1.165) is 6.92 Å². The van der Waals surface area contributed by atoms with E-state index in [1.54, 1.807) is 5.32 Å². The second kappa shape index (κ2) is 4.63. The monoisotopic (exact) mass is 286 g/mol. The number of hydrogen-bond donors (Lipinski definition) is 2. The van der Waals surface area contributed by atoms with Gasteiger partial charge in [0.15, 0.2) is 0 Å². The van der Waals surface area contributed by atoms with Gasteiger partial charge in [-0.2, -0.15) is 26.3 Å². The molecule has 0 aromatic heterocycles. The van der Waals surface area contributed by atoms with Crippen molar-refractivity contribution in [2.75, 3.05) is 11.1 Å². The van der Waals surface area contributed by atoms with Gasteiger partial charge in [0.2, 0.25) is 5.91 Å². The van der Waals surface area contributed by atoms with Crippen molar-refractivity contribution in [3.8, 4) is 0 Å². The third kappa shape index (κ3) is 3.52. The van der Waals surface area contributed by atoms with Crippen LogP contribution in [-0.2, 0) is 17.1 Å². The summed E-state index contributed by atoms with van der Waals surface area (Å²) in [6, 6.07) is 0.668. The number of nitrogen functional groups attached to an aromatic ring is 1. The van der Waals surface area contributed by atoms with Crippen molar-refractivity contribution < 1.29 is 31.1 Å². The molecule has 0 aliphatic rings. The summed E-state index contributed by atoms with van der Waals surface area (Å²) in [6.45, 7) is 0.802. The lowest BCUT2D eigenvalue weighted by molar-refractivity contribution is -0.141. The molecular formula is C10H8F6N2O. The summed E-state index contributed by atoms with van der Waals surface area (Å²) in [4.78, 5) is 10.8. The molecule has 0 bridgehead atoms. The number of carbonyl (C=O) groups excluding carboxylic acids is 1. The van der Waals surface area contributed by atoms with Crippen LogP contribution in [-0.4, -0.2) is 5.91 Å². The van der Waals surface area contributed by atoms with E-state index in [1.807, 2.05) is 0 Å². The highest BCUT2D eigenvalue weighted by Gasteiger charge is 2.41. The van der Waals surface area contributed by atoms with Crippen LogP contribution in [0.1, 0.15) is 18.1 Å². The molecule has 0 fully saturated rings. The van der Waals surface area contributed by atoms with Crippen molar-refractivity contribution >= 4 is 17.3 Å². The summed E-state index contributed by atoms with van der Waals surface area (Å²) in [7, 11) is 0. The molecule has 0 saturated carbocycles. The Morgan fingerprint density at radius 1 is 1.05 bits per heavy atom. The number of rotatable bonds is 1. The van der Waals surface area contributed by atoms with Gasteiger partial charge in [-0.25, -0.2) is 0 Å². The molecule has 0 heterocycles. The first-order valence-electron chi connectivity index (χ1n) is 4.78. The summed E-state index contributed by atoms with van der Waals surface area (Å²) >= 11 is 0. The zero-order chi connectivity index (χ0) is 15.0. The maximum atomic E-state index is 12.7. The average molecular weight is 286 g/mol. The zero-order valence-electron chi connectivity index (χ0n) is 9.41. The normalized spacial score (nSPS) is 12.4. The topological polar surface area (TPSA) is 55.1 Å². The van der Waals surface area contributed by atoms with E-state index < -0.39 is 40.8 Å². The number of hydrogen-bond acceptors (Lipinski definition) is 2. The number of nitrogens with one attached hydrogen (secondary N) is 1. The molecule has 1 rings (SSSR count). The Hall–Kier alpha value is -1.93. The first kappa shape index (κ1) is 15.1. The lowest BCUT2D eigenvalue weighted by Gasteiger charge is -2.19. The molecule has 1 aromatic rings. The minimum Gasteiger partial charge on any atom is -0.399 e. The van der Waals surface area contributed by atoms with Crippen LogP contribution < -0.4 is 11.1 Å². The van der Waals surface area contributed by atoms with Crippen LogP contribution in [0.15, 0.2) is 12.1 Å². The predicted molar refractivity (Wildman–Crippen MR) is 55.2 cm³/mol. The van der Waals surface area contributed by atoms with E-state index in [0.29, 0.717) is 12.1 Å². The molecule has 1 aromatic carbocycles. The maximum Gasteiger partial charge on any atom is 0.418 e. The molecule has 0 radical (unpaired) electrons.